The molecular formula is C22H22ClN3O. The van der Waals surface area contributed by atoms with Gasteiger partial charge in [0.25, 0.3) is 5.91 Å². The van der Waals surface area contributed by atoms with Crippen molar-refractivity contribution in [3.63, 3.8) is 0 Å². The first-order valence-electron chi connectivity index (χ1n) is 9.21. The summed E-state index contributed by atoms with van der Waals surface area (Å²) in [5.41, 5.74) is 6.01. The molecule has 1 amide bonds. The number of carbonyl (C=O) groups excluding carboxylic acids is 1. The molecule has 1 aliphatic heterocycles. The smallest absolute Gasteiger partial charge is 0.258 e. The lowest BCUT2D eigenvalue weighted by Crippen LogP contribution is -2.35. The minimum atomic E-state index is 0.0356. The van der Waals surface area contributed by atoms with E-state index in [1.54, 1.807) is 0 Å². The van der Waals surface area contributed by atoms with E-state index in [9.17, 15) is 4.79 Å². The van der Waals surface area contributed by atoms with E-state index in [1.165, 1.54) is 0 Å². The molecule has 27 heavy (non-hydrogen) atoms. The van der Waals surface area contributed by atoms with Crippen molar-refractivity contribution in [2.75, 3.05) is 11.4 Å². The highest BCUT2D eigenvalue weighted by Crippen LogP contribution is 2.30. The predicted octanol–water partition coefficient (Wildman–Crippen LogP) is 4.79. The Balaban J connectivity index is 1.61. The van der Waals surface area contributed by atoms with Crippen molar-refractivity contribution >= 4 is 23.2 Å². The number of hydrogen-bond donors (Lipinski definition) is 0. The fourth-order valence-electron chi connectivity index (χ4n) is 3.74. The first-order chi connectivity index (χ1) is 13.0. The van der Waals surface area contributed by atoms with Gasteiger partial charge < -0.3 is 4.90 Å². The average Bonchev–Trinajstić information content (AvgIpc) is 2.97. The maximum atomic E-state index is 13.2. The van der Waals surface area contributed by atoms with Crippen LogP contribution in [-0.4, -0.2) is 22.2 Å². The van der Waals surface area contributed by atoms with Crippen LogP contribution in [-0.2, 0) is 13.0 Å². The van der Waals surface area contributed by atoms with Gasteiger partial charge in [0.15, 0.2) is 0 Å². The van der Waals surface area contributed by atoms with Gasteiger partial charge in [-0.05, 0) is 74.2 Å². The Morgan fingerprint density at radius 1 is 1.15 bits per heavy atom. The molecule has 2 aromatic carbocycles. The Hall–Kier alpha value is -2.59. The summed E-state index contributed by atoms with van der Waals surface area (Å²) in [5.74, 6) is 0.0356. The van der Waals surface area contributed by atoms with Gasteiger partial charge in [0.05, 0.1) is 12.2 Å². The number of nitrogens with zero attached hydrogens (tertiary/aromatic N) is 3. The van der Waals surface area contributed by atoms with Crippen LogP contribution in [0.2, 0.25) is 5.02 Å². The van der Waals surface area contributed by atoms with Gasteiger partial charge in [-0.15, -0.1) is 0 Å². The molecule has 0 aliphatic carbocycles. The first kappa shape index (κ1) is 17.8. The number of hydrogen-bond acceptors (Lipinski definition) is 2. The van der Waals surface area contributed by atoms with E-state index in [1.807, 2.05) is 65.9 Å². The molecule has 3 aromatic rings. The third kappa shape index (κ3) is 3.62. The summed E-state index contributed by atoms with van der Waals surface area (Å²) in [7, 11) is 0. The molecule has 0 spiro atoms. The summed E-state index contributed by atoms with van der Waals surface area (Å²) in [4.78, 5) is 15.1. The van der Waals surface area contributed by atoms with Gasteiger partial charge in [-0.1, -0.05) is 23.7 Å². The maximum absolute atomic E-state index is 13.2. The molecule has 1 aromatic heterocycles. The van der Waals surface area contributed by atoms with Crippen molar-refractivity contribution in [2.24, 2.45) is 0 Å². The molecule has 4 nitrogen and oxygen atoms in total. The van der Waals surface area contributed by atoms with Crippen LogP contribution in [0.3, 0.4) is 0 Å². The van der Waals surface area contributed by atoms with Crippen molar-refractivity contribution in [1.29, 1.82) is 0 Å². The number of benzene rings is 2. The van der Waals surface area contributed by atoms with Gasteiger partial charge in [-0.2, -0.15) is 5.10 Å². The van der Waals surface area contributed by atoms with Gasteiger partial charge in [0, 0.05) is 28.5 Å². The third-order valence-electron chi connectivity index (χ3n) is 5.01. The highest BCUT2D eigenvalue weighted by Gasteiger charge is 2.24. The summed E-state index contributed by atoms with van der Waals surface area (Å²) >= 11 is 6.12. The molecule has 0 atom stereocenters. The fraction of sp³-hybridized carbons (Fsp3) is 0.273. The summed E-state index contributed by atoms with van der Waals surface area (Å²) in [6, 6.07) is 15.7. The summed E-state index contributed by atoms with van der Waals surface area (Å²) in [6.45, 7) is 5.43. The SMILES string of the molecule is Cc1cc(C)n(Cc2cccc(C(=O)N3CCCc4cc(Cl)ccc43)c2)n1. The van der Waals surface area contributed by atoms with Crippen molar-refractivity contribution < 1.29 is 4.79 Å². The van der Waals surface area contributed by atoms with Gasteiger partial charge in [0.1, 0.15) is 0 Å². The molecule has 0 saturated carbocycles. The second kappa shape index (κ2) is 7.20. The lowest BCUT2D eigenvalue weighted by molar-refractivity contribution is 0.0985. The predicted molar refractivity (Wildman–Crippen MR) is 109 cm³/mol. The maximum Gasteiger partial charge on any atom is 0.258 e. The third-order valence-corrected chi connectivity index (χ3v) is 5.25. The molecule has 0 bridgehead atoms. The lowest BCUT2D eigenvalue weighted by Gasteiger charge is -2.29. The van der Waals surface area contributed by atoms with E-state index < -0.39 is 0 Å². The second-order valence-corrected chi connectivity index (χ2v) is 7.55. The molecule has 0 saturated heterocycles. The van der Waals surface area contributed by atoms with Crippen LogP contribution >= 0.6 is 11.6 Å². The number of aryl methyl sites for hydroxylation is 3. The van der Waals surface area contributed by atoms with E-state index in [-0.39, 0.29) is 5.91 Å². The fourth-order valence-corrected chi connectivity index (χ4v) is 3.94. The zero-order valence-electron chi connectivity index (χ0n) is 15.6. The first-order valence-corrected chi connectivity index (χ1v) is 9.59. The monoisotopic (exact) mass is 379 g/mol. The minimum absolute atomic E-state index is 0.0356. The molecule has 138 valence electrons. The topological polar surface area (TPSA) is 38.1 Å². The Labute approximate surface area is 164 Å². The highest BCUT2D eigenvalue weighted by atomic mass is 35.5. The summed E-state index contributed by atoms with van der Waals surface area (Å²) < 4.78 is 1.97. The molecule has 2 heterocycles. The van der Waals surface area contributed by atoms with E-state index in [0.29, 0.717) is 12.1 Å². The van der Waals surface area contributed by atoms with Crippen LogP contribution < -0.4 is 4.90 Å². The molecule has 0 radical (unpaired) electrons. The number of carbonyl (C=O) groups is 1. The number of fused-ring (bicyclic) bond motifs is 1. The van der Waals surface area contributed by atoms with Crippen molar-refractivity contribution in [3.05, 3.63) is 81.6 Å². The molecule has 0 fully saturated rings. The van der Waals surface area contributed by atoms with E-state index >= 15 is 0 Å². The zero-order valence-corrected chi connectivity index (χ0v) is 16.3. The summed E-state index contributed by atoms with van der Waals surface area (Å²) in [5, 5.41) is 5.23. The Bertz CT molecular complexity index is 1010. The Morgan fingerprint density at radius 3 is 2.78 bits per heavy atom. The van der Waals surface area contributed by atoms with Crippen LogP contribution in [0.1, 0.15) is 39.3 Å². The van der Waals surface area contributed by atoms with Gasteiger partial charge in [0.2, 0.25) is 0 Å². The van der Waals surface area contributed by atoms with Gasteiger partial charge in [-0.3, -0.25) is 9.48 Å². The quantitative estimate of drug-likeness (QED) is 0.655. The number of rotatable bonds is 3. The molecule has 1 aliphatic rings. The molecule has 0 unspecified atom stereocenters. The number of halogens is 1. The van der Waals surface area contributed by atoms with Crippen molar-refractivity contribution in [2.45, 2.75) is 33.2 Å². The normalized spacial score (nSPS) is 13.5. The van der Waals surface area contributed by atoms with Crippen LogP contribution in [0.25, 0.3) is 0 Å². The van der Waals surface area contributed by atoms with Crippen molar-refractivity contribution in [1.82, 2.24) is 9.78 Å². The number of anilines is 1. The van der Waals surface area contributed by atoms with E-state index in [2.05, 4.69) is 11.2 Å². The zero-order chi connectivity index (χ0) is 19.0. The van der Waals surface area contributed by atoms with E-state index in [0.717, 1.165) is 52.6 Å². The van der Waals surface area contributed by atoms with Crippen LogP contribution in [0.15, 0.2) is 48.5 Å². The van der Waals surface area contributed by atoms with Crippen LogP contribution in [0.4, 0.5) is 5.69 Å². The number of amides is 1. The second-order valence-electron chi connectivity index (χ2n) is 7.12. The lowest BCUT2D eigenvalue weighted by atomic mass is 10.0. The summed E-state index contributed by atoms with van der Waals surface area (Å²) in [6.07, 6.45) is 1.90. The number of aromatic nitrogens is 2. The molecule has 5 heteroatoms. The van der Waals surface area contributed by atoms with E-state index in [4.69, 9.17) is 11.6 Å². The van der Waals surface area contributed by atoms with Crippen LogP contribution in [0, 0.1) is 13.8 Å². The highest BCUT2D eigenvalue weighted by molar-refractivity contribution is 6.30. The van der Waals surface area contributed by atoms with Gasteiger partial charge >= 0.3 is 0 Å². The molecular weight excluding hydrogens is 358 g/mol. The minimum Gasteiger partial charge on any atom is -0.308 e. The Morgan fingerprint density at radius 2 is 2.00 bits per heavy atom. The Kier molecular flexibility index (Phi) is 4.75. The van der Waals surface area contributed by atoms with Crippen LogP contribution in [0.5, 0.6) is 0 Å². The molecule has 0 N–H and O–H groups in total. The largest absolute Gasteiger partial charge is 0.308 e. The molecule has 4 rings (SSSR count). The van der Waals surface area contributed by atoms with Gasteiger partial charge in [-0.25, -0.2) is 0 Å². The average molecular weight is 380 g/mol. The van der Waals surface area contributed by atoms with Crippen molar-refractivity contribution in [3.8, 4) is 0 Å². The standard InChI is InChI=1S/C22H22ClN3O/c1-15-11-16(2)26(24-15)14-17-5-3-6-19(12-17)22(27)25-10-4-7-18-13-20(23)8-9-21(18)25/h3,5-6,8-9,11-13H,4,7,10,14H2,1-2H3.